The molecule has 0 aromatic heterocycles. The van der Waals surface area contributed by atoms with Gasteiger partial charge in [0.1, 0.15) is 0 Å². The van der Waals surface area contributed by atoms with Crippen LogP contribution in [0.3, 0.4) is 0 Å². The van der Waals surface area contributed by atoms with E-state index >= 15 is 0 Å². The maximum Gasteiger partial charge on any atom is 0.0164 e. The molecule has 0 bridgehead atoms. The zero-order valence-corrected chi connectivity index (χ0v) is 10.6. The van der Waals surface area contributed by atoms with Crippen LogP contribution in [0.2, 0.25) is 0 Å². The van der Waals surface area contributed by atoms with Gasteiger partial charge in [0.15, 0.2) is 0 Å². The van der Waals surface area contributed by atoms with Crippen LogP contribution in [0.15, 0.2) is 0 Å². The summed E-state index contributed by atoms with van der Waals surface area (Å²) in [6.45, 7) is 2.21. The van der Waals surface area contributed by atoms with Gasteiger partial charge in [0.05, 0.1) is 0 Å². The summed E-state index contributed by atoms with van der Waals surface area (Å²) >= 11 is 0. The summed E-state index contributed by atoms with van der Waals surface area (Å²) in [6.07, 6.45) is 7.51. The van der Waals surface area contributed by atoms with Crippen LogP contribution in [0.4, 0.5) is 0 Å². The molecule has 0 aliphatic heterocycles. The van der Waals surface area contributed by atoms with Gasteiger partial charge in [0.2, 0.25) is 0 Å². The molecule has 12 heavy (non-hydrogen) atoms. The molecule has 0 atom stereocenters. The lowest BCUT2D eigenvalue weighted by molar-refractivity contribution is 0.627. The Bertz CT molecular complexity index is 101. The van der Waals surface area contributed by atoms with E-state index in [-0.39, 0.29) is 0 Å². The molecule has 0 aromatic rings. The van der Waals surface area contributed by atoms with Gasteiger partial charge in [-0.25, -0.2) is 0 Å². The molecule has 0 spiro atoms. The SMILES string of the molecule is CCCCCCCCS(Cl)(Cl)Cl. The molecule has 0 fully saturated rings. The fraction of sp³-hybridized carbons (Fsp3) is 1.00. The highest BCUT2D eigenvalue weighted by Gasteiger charge is 2.11. The molecular formula is C8H17Cl3S. The topological polar surface area (TPSA) is 0 Å². The Morgan fingerprint density at radius 3 is 1.83 bits per heavy atom. The lowest BCUT2D eigenvalue weighted by Crippen LogP contribution is -1.85. The van der Waals surface area contributed by atoms with E-state index in [1.54, 1.807) is 0 Å². The largest absolute Gasteiger partial charge is 0.0654 e. The molecule has 0 amide bonds. The van der Waals surface area contributed by atoms with E-state index in [1.165, 1.54) is 32.1 Å². The Morgan fingerprint density at radius 1 is 0.833 bits per heavy atom. The number of unbranched alkanes of at least 4 members (excludes halogenated alkanes) is 5. The van der Waals surface area contributed by atoms with Crippen molar-refractivity contribution in [1.82, 2.24) is 0 Å². The summed E-state index contributed by atoms with van der Waals surface area (Å²) in [5.41, 5.74) is 0. The van der Waals surface area contributed by atoms with Crippen molar-refractivity contribution in [2.75, 3.05) is 5.75 Å². The van der Waals surface area contributed by atoms with Crippen LogP contribution in [0, 0.1) is 0 Å². The van der Waals surface area contributed by atoms with Gasteiger partial charge in [-0.1, -0.05) is 39.0 Å². The van der Waals surface area contributed by atoms with Crippen molar-refractivity contribution in [2.45, 2.75) is 45.4 Å². The molecule has 0 unspecified atom stereocenters. The maximum absolute atomic E-state index is 5.69. The van der Waals surface area contributed by atoms with Gasteiger partial charge >= 0.3 is 0 Å². The second kappa shape index (κ2) is 7.61. The van der Waals surface area contributed by atoms with E-state index in [9.17, 15) is 0 Å². The van der Waals surface area contributed by atoms with Crippen molar-refractivity contribution in [3.63, 3.8) is 0 Å². The first-order valence-electron chi connectivity index (χ1n) is 4.46. The van der Waals surface area contributed by atoms with Crippen LogP contribution in [0.5, 0.6) is 0 Å². The summed E-state index contributed by atoms with van der Waals surface area (Å²) < 4.78 is 0. The van der Waals surface area contributed by atoms with Gasteiger partial charge in [-0.15, -0.1) is 0 Å². The van der Waals surface area contributed by atoms with Gasteiger partial charge in [-0.2, -0.15) is 0 Å². The molecule has 0 saturated heterocycles. The van der Waals surface area contributed by atoms with E-state index in [4.69, 9.17) is 32.0 Å². The van der Waals surface area contributed by atoms with E-state index in [0.717, 1.165) is 12.2 Å². The Balaban J connectivity index is 3.01. The molecule has 0 aromatic carbocycles. The normalized spacial score (nSPS) is 13.3. The van der Waals surface area contributed by atoms with Crippen molar-refractivity contribution in [1.29, 1.82) is 0 Å². The van der Waals surface area contributed by atoms with E-state index < -0.39 is 7.67 Å². The van der Waals surface area contributed by atoms with Crippen LogP contribution < -0.4 is 0 Å². The minimum absolute atomic E-state index is 0.768. The standard InChI is InChI=1S/C8H17Cl3S/c1-2-3-4-5-6-7-8-12(9,10)11/h2-8H2,1H3. The highest BCUT2D eigenvalue weighted by Crippen LogP contribution is 2.63. The lowest BCUT2D eigenvalue weighted by Gasteiger charge is -2.14. The van der Waals surface area contributed by atoms with Gasteiger partial charge in [-0.05, 0) is 46.1 Å². The minimum atomic E-state index is -1.80. The van der Waals surface area contributed by atoms with Crippen molar-refractivity contribution in [3.05, 3.63) is 0 Å². The maximum atomic E-state index is 5.69. The molecule has 0 heterocycles. The quantitative estimate of drug-likeness (QED) is 0.516. The number of hydrogen-bond donors (Lipinski definition) is 0. The van der Waals surface area contributed by atoms with Crippen molar-refractivity contribution < 1.29 is 0 Å². The summed E-state index contributed by atoms with van der Waals surface area (Å²) in [6, 6.07) is 0. The van der Waals surface area contributed by atoms with Gasteiger partial charge in [0.25, 0.3) is 0 Å². The summed E-state index contributed by atoms with van der Waals surface area (Å²) in [7, 11) is 15.3. The van der Waals surface area contributed by atoms with Crippen molar-refractivity contribution >= 4 is 39.7 Å². The third-order valence-electron chi connectivity index (χ3n) is 1.73. The van der Waals surface area contributed by atoms with E-state index in [0.29, 0.717) is 0 Å². The molecule has 76 valence electrons. The van der Waals surface area contributed by atoms with Crippen LogP contribution in [-0.4, -0.2) is 5.75 Å². The first kappa shape index (κ1) is 13.2. The fourth-order valence-electron chi connectivity index (χ4n) is 1.05. The smallest absolute Gasteiger partial charge is 0.0164 e. The highest BCUT2D eigenvalue weighted by molar-refractivity contribution is 8.79. The third kappa shape index (κ3) is 11.2. The average Bonchev–Trinajstić information content (AvgIpc) is 1.94. The molecule has 0 radical (unpaired) electrons. The zero-order chi connectivity index (χ0) is 9.45. The zero-order valence-electron chi connectivity index (χ0n) is 7.49. The van der Waals surface area contributed by atoms with Crippen LogP contribution in [0.25, 0.3) is 0 Å². The molecule has 0 aliphatic carbocycles. The molecule has 0 aliphatic rings. The molecule has 0 rings (SSSR count). The minimum Gasteiger partial charge on any atom is -0.0654 e. The number of rotatable bonds is 7. The highest BCUT2D eigenvalue weighted by atomic mass is 36.2. The summed E-state index contributed by atoms with van der Waals surface area (Å²) in [4.78, 5) is 0. The monoisotopic (exact) mass is 250 g/mol. The lowest BCUT2D eigenvalue weighted by atomic mass is 10.1. The van der Waals surface area contributed by atoms with Gasteiger partial charge < -0.3 is 0 Å². The third-order valence-corrected chi connectivity index (χ3v) is 3.87. The second-order valence-electron chi connectivity index (χ2n) is 2.97. The van der Waals surface area contributed by atoms with E-state index in [2.05, 4.69) is 6.92 Å². The predicted octanol–water partition coefficient (Wildman–Crippen LogP) is 5.61. The fourth-order valence-corrected chi connectivity index (χ4v) is 2.56. The van der Waals surface area contributed by atoms with Gasteiger partial charge in [0, 0.05) is 5.75 Å². The van der Waals surface area contributed by atoms with Gasteiger partial charge in [-0.3, -0.25) is 0 Å². The first-order valence-corrected chi connectivity index (χ1v) is 8.74. The molecule has 0 N–H and O–H groups in total. The Morgan fingerprint density at radius 2 is 1.33 bits per heavy atom. The average molecular weight is 252 g/mol. The summed E-state index contributed by atoms with van der Waals surface area (Å²) in [5, 5.41) is 0. The molecular weight excluding hydrogens is 235 g/mol. The molecule has 4 heteroatoms. The Hall–Kier alpha value is 1.22. The second-order valence-corrected chi connectivity index (χ2v) is 10.6. The Kier molecular flexibility index (Phi) is 8.38. The molecule has 0 saturated carbocycles. The van der Waals surface area contributed by atoms with Crippen LogP contribution in [0.1, 0.15) is 45.4 Å². The predicted molar refractivity (Wildman–Crippen MR) is 63.4 cm³/mol. The number of hydrogen-bond acceptors (Lipinski definition) is 0. The van der Waals surface area contributed by atoms with Crippen LogP contribution in [-0.2, 0) is 0 Å². The van der Waals surface area contributed by atoms with Crippen molar-refractivity contribution in [2.24, 2.45) is 0 Å². The summed E-state index contributed by atoms with van der Waals surface area (Å²) in [5.74, 6) is 0.768. The van der Waals surface area contributed by atoms with Crippen molar-refractivity contribution in [3.8, 4) is 0 Å². The van der Waals surface area contributed by atoms with Crippen LogP contribution >= 0.6 is 39.7 Å². The van der Waals surface area contributed by atoms with E-state index in [1.807, 2.05) is 0 Å². The Labute approximate surface area is 90.8 Å². The first-order chi connectivity index (χ1) is 5.56. The molecule has 0 nitrogen and oxygen atoms in total. The number of halogens is 3.